The number of carboxylic acids is 1. The highest BCUT2D eigenvalue weighted by Crippen LogP contribution is 2.12. The van der Waals surface area contributed by atoms with Crippen LogP contribution in [0.25, 0.3) is 0 Å². The molecule has 1 aromatic rings. The van der Waals surface area contributed by atoms with Gasteiger partial charge in [-0.05, 0) is 24.1 Å². The summed E-state index contributed by atoms with van der Waals surface area (Å²) >= 11 is 0. The van der Waals surface area contributed by atoms with E-state index in [4.69, 9.17) is 16.1 Å². The third kappa shape index (κ3) is 2.76. The monoisotopic (exact) mass is 208 g/mol. The summed E-state index contributed by atoms with van der Waals surface area (Å²) < 4.78 is 12.7. The van der Waals surface area contributed by atoms with Gasteiger partial charge in [0.1, 0.15) is 11.9 Å². The lowest BCUT2D eigenvalue weighted by atomic mass is 10.0. The number of halogens is 1. The topological polar surface area (TPSA) is 87.1 Å². The average molecular weight is 208 g/mol. The van der Waals surface area contributed by atoms with E-state index in [9.17, 15) is 9.18 Å². The van der Waals surface area contributed by atoms with Crippen molar-refractivity contribution in [3.63, 3.8) is 0 Å². The van der Waals surface area contributed by atoms with Crippen molar-refractivity contribution in [1.29, 1.82) is 5.26 Å². The van der Waals surface area contributed by atoms with Gasteiger partial charge in [-0.2, -0.15) is 5.26 Å². The van der Waals surface area contributed by atoms with Gasteiger partial charge in [-0.3, -0.25) is 4.79 Å². The largest absolute Gasteiger partial charge is 0.480 e. The van der Waals surface area contributed by atoms with Crippen LogP contribution in [0.4, 0.5) is 4.39 Å². The minimum atomic E-state index is -1.15. The molecule has 0 aliphatic heterocycles. The van der Waals surface area contributed by atoms with Crippen molar-refractivity contribution < 1.29 is 14.3 Å². The molecule has 4 nitrogen and oxygen atoms in total. The number of aliphatic carboxylic acids is 1. The predicted molar refractivity (Wildman–Crippen MR) is 50.4 cm³/mol. The molecule has 0 saturated carbocycles. The first-order valence-electron chi connectivity index (χ1n) is 4.21. The van der Waals surface area contributed by atoms with Gasteiger partial charge in [-0.25, -0.2) is 4.39 Å². The van der Waals surface area contributed by atoms with Crippen molar-refractivity contribution in [2.24, 2.45) is 5.73 Å². The van der Waals surface area contributed by atoms with Gasteiger partial charge in [0.15, 0.2) is 0 Å². The van der Waals surface area contributed by atoms with Crippen LogP contribution in [0.2, 0.25) is 0 Å². The summed E-state index contributed by atoms with van der Waals surface area (Å²) in [7, 11) is 0. The Balaban J connectivity index is 2.96. The standard InChI is InChI=1S/C10H9FN2O2/c11-8-2-1-6(7(3-8)5-12)4-9(13)10(14)15/h1-3,9H,4,13H2,(H,14,15). The molecule has 0 saturated heterocycles. The first-order valence-corrected chi connectivity index (χ1v) is 4.21. The normalized spacial score (nSPS) is 11.8. The summed E-state index contributed by atoms with van der Waals surface area (Å²) in [5.41, 5.74) is 5.86. The second-order valence-corrected chi connectivity index (χ2v) is 3.06. The molecule has 3 N–H and O–H groups in total. The molecule has 0 spiro atoms. The Hall–Kier alpha value is -1.93. The Bertz CT molecular complexity index is 426. The molecule has 1 rings (SSSR count). The number of carboxylic acid groups (broad SMARTS) is 1. The van der Waals surface area contributed by atoms with Crippen molar-refractivity contribution >= 4 is 5.97 Å². The number of nitrogens with two attached hydrogens (primary N) is 1. The molecule has 0 aromatic heterocycles. The summed E-state index contributed by atoms with van der Waals surface area (Å²) in [4.78, 5) is 10.5. The van der Waals surface area contributed by atoms with Gasteiger partial charge in [0, 0.05) is 0 Å². The lowest BCUT2D eigenvalue weighted by Gasteiger charge is -2.07. The highest BCUT2D eigenvalue weighted by molar-refractivity contribution is 5.73. The SMILES string of the molecule is N#Cc1cc(F)ccc1CC(N)C(=O)O. The van der Waals surface area contributed by atoms with E-state index >= 15 is 0 Å². The summed E-state index contributed by atoms with van der Waals surface area (Å²) in [5, 5.41) is 17.3. The zero-order chi connectivity index (χ0) is 11.4. The number of hydrogen-bond acceptors (Lipinski definition) is 3. The maximum Gasteiger partial charge on any atom is 0.320 e. The fourth-order valence-electron chi connectivity index (χ4n) is 1.15. The minimum absolute atomic E-state index is 0.0124. The zero-order valence-electron chi connectivity index (χ0n) is 7.77. The first-order chi connectivity index (χ1) is 7.04. The van der Waals surface area contributed by atoms with E-state index in [1.54, 1.807) is 6.07 Å². The number of hydrogen-bond donors (Lipinski definition) is 2. The Morgan fingerprint density at radius 3 is 2.87 bits per heavy atom. The van der Waals surface area contributed by atoms with Crippen LogP contribution < -0.4 is 5.73 Å². The highest BCUT2D eigenvalue weighted by atomic mass is 19.1. The molecule has 0 aliphatic carbocycles. The average Bonchev–Trinajstić information content (AvgIpc) is 2.20. The Labute approximate surface area is 85.7 Å². The van der Waals surface area contributed by atoms with E-state index in [0.717, 1.165) is 6.07 Å². The van der Waals surface area contributed by atoms with E-state index in [2.05, 4.69) is 0 Å². The third-order valence-electron chi connectivity index (χ3n) is 1.95. The highest BCUT2D eigenvalue weighted by Gasteiger charge is 2.14. The second-order valence-electron chi connectivity index (χ2n) is 3.06. The number of nitrogens with zero attached hydrogens (tertiary/aromatic N) is 1. The van der Waals surface area contributed by atoms with Crippen LogP contribution in [0.3, 0.4) is 0 Å². The fraction of sp³-hybridized carbons (Fsp3) is 0.200. The molecule has 1 atom stereocenters. The van der Waals surface area contributed by atoms with Gasteiger partial charge in [0.2, 0.25) is 0 Å². The first kappa shape index (κ1) is 11.1. The third-order valence-corrected chi connectivity index (χ3v) is 1.95. The van der Waals surface area contributed by atoms with E-state index in [1.807, 2.05) is 0 Å². The summed E-state index contributed by atoms with van der Waals surface area (Å²) in [5.74, 6) is -1.68. The molecule has 0 fully saturated rings. The molecule has 1 aromatic carbocycles. The van der Waals surface area contributed by atoms with Crippen LogP contribution in [-0.2, 0) is 11.2 Å². The maximum atomic E-state index is 12.7. The van der Waals surface area contributed by atoms with Crippen molar-refractivity contribution in [2.75, 3.05) is 0 Å². The predicted octanol–water partition coefficient (Wildman–Crippen LogP) is 0.652. The minimum Gasteiger partial charge on any atom is -0.480 e. The van der Waals surface area contributed by atoms with Gasteiger partial charge in [-0.1, -0.05) is 6.07 Å². The quantitative estimate of drug-likeness (QED) is 0.763. The molecule has 0 heterocycles. The fourth-order valence-corrected chi connectivity index (χ4v) is 1.15. The molecular weight excluding hydrogens is 199 g/mol. The van der Waals surface area contributed by atoms with E-state index in [1.165, 1.54) is 12.1 Å². The van der Waals surface area contributed by atoms with Crippen molar-refractivity contribution in [2.45, 2.75) is 12.5 Å². The summed E-state index contributed by atoms with van der Waals surface area (Å²) in [6.45, 7) is 0. The molecular formula is C10H9FN2O2. The lowest BCUT2D eigenvalue weighted by molar-refractivity contribution is -0.138. The zero-order valence-corrected chi connectivity index (χ0v) is 7.77. The molecule has 0 amide bonds. The van der Waals surface area contributed by atoms with Crippen molar-refractivity contribution in [1.82, 2.24) is 0 Å². The molecule has 0 radical (unpaired) electrons. The van der Waals surface area contributed by atoms with Crippen LogP contribution in [-0.4, -0.2) is 17.1 Å². The van der Waals surface area contributed by atoms with Gasteiger partial charge in [0.25, 0.3) is 0 Å². The smallest absolute Gasteiger partial charge is 0.320 e. The molecule has 5 heteroatoms. The Morgan fingerprint density at radius 2 is 2.33 bits per heavy atom. The number of nitriles is 1. The van der Waals surface area contributed by atoms with Crippen LogP contribution in [0.5, 0.6) is 0 Å². The van der Waals surface area contributed by atoms with Crippen molar-refractivity contribution in [3.8, 4) is 6.07 Å². The molecule has 0 bridgehead atoms. The van der Waals surface area contributed by atoms with Gasteiger partial charge < -0.3 is 10.8 Å². The second kappa shape index (κ2) is 4.53. The van der Waals surface area contributed by atoms with E-state index in [0.29, 0.717) is 5.56 Å². The number of rotatable bonds is 3. The molecule has 1 unspecified atom stereocenters. The molecule has 15 heavy (non-hydrogen) atoms. The summed E-state index contributed by atoms with van der Waals surface area (Å²) in [6.07, 6.45) is 0.0124. The van der Waals surface area contributed by atoms with Crippen LogP contribution >= 0.6 is 0 Å². The van der Waals surface area contributed by atoms with Gasteiger partial charge in [0.05, 0.1) is 11.6 Å². The lowest BCUT2D eigenvalue weighted by Crippen LogP contribution is -2.32. The van der Waals surface area contributed by atoms with Crippen LogP contribution in [0.1, 0.15) is 11.1 Å². The van der Waals surface area contributed by atoms with Gasteiger partial charge >= 0.3 is 5.97 Å². The van der Waals surface area contributed by atoms with E-state index < -0.39 is 17.8 Å². The summed E-state index contributed by atoms with van der Waals surface area (Å²) in [6, 6.07) is 4.31. The van der Waals surface area contributed by atoms with Crippen molar-refractivity contribution in [3.05, 3.63) is 35.1 Å². The Morgan fingerprint density at radius 1 is 1.67 bits per heavy atom. The number of benzene rings is 1. The number of carbonyl (C=O) groups is 1. The molecule has 78 valence electrons. The molecule has 0 aliphatic rings. The Kier molecular flexibility index (Phi) is 3.37. The van der Waals surface area contributed by atoms with Crippen LogP contribution in [0, 0.1) is 17.1 Å². The van der Waals surface area contributed by atoms with Gasteiger partial charge in [-0.15, -0.1) is 0 Å². The van der Waals surface area contributed by atoms with Crippen LogP contribution in [0.15, 0.2) is 18.2 Å². The maximum absolute atomic E-state index is 12.7. The van der Waals surface area contributed by atoms with E-state index in [-0.39, 0.29) is 12.0 Å².